The van der Waals surface area contributed by atoms with E-state index >= 15 is 0 Å². The molecule has 0 aliphatic heterocycles. The second kappa shape index (κ2) is 24.5. The molecule has 15 fully saturated rings. The van der Waals surface area contributed by atoms with E-state index < -0.39 is 16.2 Å². The number of carbonyl (C=O) groups excluding carboxylic acids is 6. The van der Waals surface area contributed by atoms with Crippen molar-refractivity contribution in [2.24, 2.45) is 141 Å². The van der Waals surface area contributed by atoms with Crippen LogP contribution in [-0.4, -0.2) is 70.9 Å². The van der Waals surface area contributed by atoms with Crippen molar-refractivity contribution in [3.05, 3.63) is 0 Å². The van der Waals surface area contributed by atoms with E-state index in [4.69, 9.17) is 28.4 Å². The fourth-order valence-electron chi connectivity index (χ4n) is 24.4. The molecular weight excluding hydrogens is 1130 g/mol. The van der Waals surface area contributed by atoms with Gasteiger partial charge in [-0.05, 0) is 342 Å². The summed E-state index contributed by atoms with van der Waals surface area (Å²) in [6.07, 6.45) is 32.8. The highest BCUT2D eigenvalue weighted by molar-refractivity contribution is 5.78. The van der Waals surface area contributed by atoms with Crippen LogP contribution in [0.3, 0.4) is 0 Å². The van der Waals surface area contributed by atoms with Gasteiger partial charge in [-0.25, -0.2) is 0 Å². The van der Waals surface area contributed by atoms with E-state index in [0.717, 1.165) is 120 Å². The van der Waals surface area contributed by atoms with Crippen LogP contribution in [0.25, 0.3) is 0 Å². The predicted octanol–water partition coefficient (Wildman–Crippen LogP) is 16.6. The van der Waals surface area contributed by atoms with Gasteiger partial charge < -0.3 is 28.4 Å². The number of rotatable bonds is 16. The fraction of sp³-hybridized carbons (Fsp3) is 0.923. The molecule has 15 aliphatic carbocycles. The highest BCUT2D eigenvalue weighted by atomic mass is 16.6. The molecule has 12 nitrogen and oxygen atoms in total. The van der Waals surface area contributed by atoms with Crippen LogP contribution >= 0.6 is 0 Å². The van der Waals surface area contributed by atoms with Gasteiger partial charge in [-0.15, -0.1) is 0 Å². The number of fused-ring (bicyclic) bond motifs is 27. The smallest absolute Gasteiger partial charge is 0.311 e. The van der Waals surface area contributed by atoms with E-state index in [1.165, 1.54) is 89.9 Å². The third kappa shape index (κ3) is 11.6. The molecule has 0 amide bonds. The second-order valence-corrected chi connectivity index (χ2v) is 36.2. The topological polar surface area (TPSA) is 158 Å². The summed E-state index contributed by atoms with van der Waals surface area (Å²) in [6, 6.07) is 0. The Morgan fingerprint density at radius 1 is 0.333 bits per heavy atom. The molecule has 0 aromatic carbocycles. The van der Waals surface area contributed by atoms with Crippen molar-refractivity contribution < 1.29 is 57.2 Å². The lowest BCUT2D eigenvalue weighted by atomic mass is 9.66. The van der Waals surface area contributed by atoms with Crippen LogP contribution in [0, 0.1) is 141 Å². The summed E-state index contributed by atoms with van der Waals surface area (Å²) in [5, 5.41) is 0. The Hall–Kier alpha value is -3.18. The third-order valence-electron chi connectivity index (χ3n) is 30.3. The average Bonchev–Trinajstić information content (AvgIpc) is 1.56. The maximum Gasteiger partial charge on any atom is 0.311 e. The van der Waals surface area contributed by atoms with Crippen LogP contribution in [0.2, 0.25) is 0 Å². The maximum atomic E-state index is 13.4. The molecule has 24 atom stereocenters. The van der Waals surface area contributed by atoms with Gasteiger partial charge in [0.25, 0.3) is 0 Å². The summed E-state index contributed by atoms with van der Waals surface area (Å²) in [6.45, 7) is 24.5. The lowest BCUT2D eigenvalue weighted by Gasteiger charge is -2.42. The van der Waals surface area contributed by atoms with E-state index in [-0.39, 0.29) is 88.7 Å². The molecule has 504 valence electrons. The van der Waals surface area contributed by atoms with Crippen molar-refractivity contribution in [2.75, 3.05) is 0 Å². The molecule has 0 saturated heterocycles. The molecule has 0 aromatic rings. The summed E-state index contributed by atoms with van der Waals surface area (Å²) >= 11 is 0. The van der Waals surface area contributed by atoms with Gasteiger partial charge in [0.1, 0.15) is 35.1 Å². The molecule has 0 heterocycles. The Labute approximate surface area is 541 Å². The Bertz CT molecular complexity index is 2690. The molecule has 0 spiro atoms. The SMILES string of the molecule is CCC(C)(C)C(=O)OC1CC2CC1C1C3CC(CC3C(=O)OC3(C)CCCC3)C21.CCC(C)(C)C(=O)OC1CC2CC1C1C3CC(CC3C(=O)OC3(C)CCCCC3)C21.CCC1(OC(=O)C2CC3CC2C2C4CC(CC4OC(=O)C(C)(C)CC)C32)CCCCC1. The Kier molecular flexibility index (Phi) is 17.8. The number of ether oxygens (including phenoxy) is 6. The third-order valence-corrected chi connectivity index (χ3v) is 30.3. The summed E-state index contributed by atoms with van der Waals surface area (Å²) in [5.74, 6) is 11.3. The van der Waals surface area contributed by atoms with Crippen LogP contribution in [0.1, 0.15) is 276 Å². The van der Waals surface area contributed by atoms with Gasteiger partial charge in [0.05, 0.1) is 34.0 Å². The van der Waals surface area contributed by atoms with E-state index in [0.29, 0.717) is 88.8 Å². The highest BCUT2D eigenvalue weighted by Gasteiger charge is 2.70. The van der Waals surface area contributed by atoms with Crippen molar-refractivity contribution in [2.45, 2.75) is 311 Å². The zero-order valence-corrected chi connectivity index (χ0v) is 58.0. The fourth-order valence-corrected chi connectivity index (χ4v) is 24.4. The average molecular weight is 1250 g/mol. The van der Waals surface area contributed by atoms with Gasteiger partial charge in [-0.1, -0.05) is 40.5 Å². The zero-order chi connectivity index (χ0) is 63.8. The largest absolute Gasteiger partial charge is 0.462 e. The quantitative estimate of drug-likeness (QED) is 0.0819. The first-order valence-electron chi connectivity index (χ1n) is 38.0. The van der Waals surface area contributed by atoms with Crippen LogP contribution < -0.4 is 0 Å². The van der Waals surface area contributed by atoms with Crippen LogP contribution in [0.15, 0.2) is 0 Å². The molecule has 15 rings (SSSR count). The lowest BCUT2D eigenvalue weighted by molar-refractivity contribution is -0.175. The minimum Gasteiger partial charge on any atom is -0.462 e. The molecule has 0 radical (unpaired) electrons. The molecule has 0 N–H and O–H groups in total. The van der Waals surface area contributed by atoms with Crippen molar-refractivity contribution >= 4 is 35.8 Å². The number of esters is 6. The molecule has 12 heteroatoms. The van der Waals surface area contributed by atoms with Crippen LogP contribution in [0.4, 0.5) is 0 Å². The monoisotopic (exact) mass is 1250 g/mol. The van der Waals surface area contributed by atoms with Crippen molar-refractivity contribution in [1.29, 1.82) is 0 Å². The van der Waals surface area contributed by atoms with E-state index in [9.17, 15) is 28.8 Å². The number of hydrogen-bond donors (Lipinski definition) is 0. The first-order chi connectivity index (χ1) is 42.7. The summed E-state index contributed by atoms with van der Waals surface area (Å²) < 4.78 is 36.9. The number of hydrogen-bond acceptors (Lipinski definition) is 12. The molecule has 15 saturated carbocycles. The van der Waals surface area contributed by atoms with Crippen molar-refractivity contribution in [3.63, 3.8) is 0 Å². The van der Waals surface area contributed by atoms with Crippen molar-refractivity contribution in [3.8, 4) is 0 Å². The van der Waals surface area contributed by atoms with Gasteiger partial charge in [0.15, 0.2) is 0 Å². The summed E-state index contributed by atoms with van der Waals surface area (Å²) in [4.78, 5) is 77.9. The van der Waals surface area contributed by atoms with Gasteiger partial charge in [0.2, 0.25) is 0 Å². The molecular formula is C78H120O12. The Balaban J connectivity index is 0.000000124. The first kappa shape index (κ1) is 65.5. The zero-order valence-electron chi connectivity index (χ0n) is 58.0. The van der Waals surface area contributed by atoms with Gasteiger partial charge in [-0.3, -0.25) is 28.8 Å². The predicted molar refractivity (Wildman–Crippen MR) is 343 cm³/mol. The van der Waals surface area contributed by atoms with Crippen LogP contribution in [0.5, 0.6) is 0 Å². The van der Waals surface area contributed by atoms with Gasteiger partial charge in [0, 0.05) is 0 Å². The van der Waals surface area contributed by atoms with E-state index in [1.54, 1.807) is 0 Å². The number of carbonyl (C=O) groups is 6. The Morgan fingerprint density at radius 3 is 0.900 bits per heavy atom. The van der Waals surface area contributed by atoms with Gasteiger partial charge >= 0.3 is 35.8 Å². The van der Waals surface area contributed by atoms with Gasteiger partial charge in [-0.2, -0.15) is 0 Å². The summed E-state index contributed by atoms with van der Waals surface area (Å²) in [7, 11) is 0. The minimum atomic E-state index is -0.406. The highest BCUT2D eigenvalue weighted by Crippen LogP contribution is 2.72. The maximum absolute atomic E-state index is 13.4. The molecule has 12 bridgehead atoms. The normalized spacial score (nSPS) is 43.3. The molecule has 90 heavy (non-hydrogen) atoms. The summed E-state index contributed by atoms with van der Waals surface area (Å²) in [5.41, 5.74) is -1.88. The molecule has 0 aromatic heterocycles. The molecule has 24 unspecified atom stereocenters. The lowest BCUT2D eigenvalue weighted by Crippen LogP contribution is -2.45. The van der Waals surface area contributed by atoms with E-state index in [2.05, 4.69) is 41.5 Å². The second-order valence-electron chi connectivity index (χ2n) is 36.2. The standard InChI is InChI=1S/C27H42O4.C26H40O4.C25H38O4/c1-5-26(3,4)25(29)30-21-15-17-14-20(21)23-18-12-16(22(17)23)13-19(18)24(28)31-27(6-2)10-8-7-9-11-27;1-5-25(2,3)24(28)29-20-14-16-13-19(20)22-17-11-15(21(16)22)12-18(17)23(27)30-26(4)9-7-6-8-10-26;1-5-24(2,3)23(27)28-19-13-15-12-18(19)21-16-10-14(20(15)21)11-17(16)22(26)29-25(4)8-6-7-9-25/h16-23H,5-15H2,1-4H3;15-22H,5-14H2,1-4H3;14-21H,5-13H2,1-4H3. The van der Waals surface area contributed by atoms with Crippen molar-refractivity contribution in [1.82, 2.24) is 0 Å². The minimum absolute atomic E-state index is 0.0367. The Morgan fingerprint density at radius 2 is 0.600 bits per heavy atom. The first-order valence-corrected chi connectivity index (χ1v) is 38.0. The van der Waals surface area contributed by atoms with E-state index in [1.807, 2.05) is 41.5 Å². The van der Waals surface area contributed by atoms with Crippen LogP contribution in [-0.2, 0) is 57.2 Å². The molecule has 15 aliphatic rings.